The first kappa shape index (κ1) is 19.1. The highest BCUT2D eigenvalue weighted by Gasteiger charge is 2.33. The highest BCUT2D eigenvalue weighted by atomic mass is 32.1. The number of nitrogens with one attached hydrogen (secondary N) is 1. The molecule has 3 amide bonds. The van der Waals surface area contributed by atoms with Gasteiger partial charge in [-0.3, -0.25) is 9.59 Å². The predicted molar refractivity (Wildman–Crippen MR) is 109 cm³/mol. The average molecular weight is 409 g/mol. The van der Waals surface area contributed by atoms with E-state index >= 15 is 0 Å². The third-order valence-corrected chi connectivity index (χ3v) is 5.87. The summed E-state index contributed by atoms with van der Waals surface area (Å²) in [5, 5.41) is 3.97. The van der Waals surface area contributed by atoms with Gasteiger partial charge in [0.15, 0.2) is 6.61 Å². The van der Waals surface area contributed by atoms with Gasteiger partial charge in [0.2, 0.25) is 0 Å². The summed E-state index contributed by atoms with van der Waals surface area (Å²) in [6.45, 7) is 1.78. The van der Waals surface area contributed by atoms with Gasteiger partial charge >= 0.3 is 6.09 Å². The Morgan fingerprint density at radius 1 is 1.24 bits per heavy atom. The van der Waals surface area contributed by atoms with E-state index in [1.807, 2.05) is 49.4 Å². The second-order valence-corrected chi connectivity index (χ2v) is 7.75. The summed E-state index contributed by atoms with van der Waals surface area (Å²) in [7, 11) is 0. The number of thiazole rings is 1. The van der Waals surface area contributed by atoms with E-state index in [4.69, 9.17) is 4.74 Å². The van der Waals surface area contributed by atoms with Crippen molar-refractivity contribution in [2.24, 2.45) is 0 Å². The number of nitrogens with zero attached hydrogens (tertiary/aromatic N) is 2. The first-order valence-electron chi connectivity index (χ1n) is 9.27. The number of aryl methyl sites for hydroxylation is 1. The van der Waals surface area contributed by atoms with Gasteiger partial charge in [-0.2, -0.15) is 0 Å². The summed E-state index contributed by atoms with van der Waals surface area (Å²) >= 11 is 1.57. The molecular weight excluding hydrogens is 390 g/mol. The SMILES string of the molecule is CCc1nc2ccc(C(=O)NC(CN3C(=O)COC3=O)c3ccccc3)cc2s1. The highest BCUT2D eigenvalue weighted by Crippen LogP contribution is 2.24. The van der Waals surface area contributed by atoms with Crippen LogP contribution in [0, 0.1) is 0 Å². The summed E-state index contributed by atoms with van der Waals surface area (Å²) < 4.78 is 5.73. The smallest absolute Gasteiger partial charge is 0.417 e. The second-order valence-electron chi connectivity index (χ2n) is 6.64. The summed E-state index contributed by atoms with van der Waals surface area (Å²) in [5.74, 6) is -0.699. The lowest BCUT2D eigenvalue weighted by Gasteiger charge is -2.23. The van der Waals surface area contributed by atoms with Gasteiger partial charge in [-0.15, -0.1) is 11.3 Å². The number of aromatic nitrogens is 1. The highest BCUT2D eigenvalue weighted by molar-refractivity contribution is 7.18. The molecule has 0 radical (unpaired) electrons. The topological polar surface area (TPSA) is 88.6 Å². The number of rotatable bonds is 6. The van der Waals surface area contributed by atoms with E-state index in [1.54, 1.807) is 17.4 Å². The molecule has 1 N–H and O–H groups in total. The molecule has 0 bridgehead atoms. The minimum Gasteiger partial charge on any atom is -0.439 e. The Kier molecular flexibility index (Phi) is 5.26. The zero-order valence-corrected chi connectivity index (χ0v) is 16.6. The maximum absolute atomic E-state index is 12.9. The Balaban J connectivity index is 1.59. The van der Waals surface area contributed by atoms with Crippen molar-refractivity contribution in [1.82, 2.24) is 15.2 Å². The van der Waals surface area contributed by atoms with Crippen molar-refractivity contribution >= 4 is 39.5 Å². The van der Waals surface area contributed by atoms with Gasteiger partial charge in [0, 0.05) is 5.56 Å². The van der Waals surface area contributed by atoms with Crippen molar-refractivity contribution in [3.63, 3.8) is 0 Å². The number of benzene rings is 2. The summed E-state index contributed by atoms with van der Waals surface area (Å²) in [6, 6.07) is 14.1. The number of ether oxygens (including phenoxy) is 1. The summed E-state index contributed by atoms with van der Waals surface area (Å²) in [6.07, 6.45) is 0.153. The van der Waals surface area contributed by atoms with Gasteiger partial charge in [-0.1, -0.05) is 37.3 Å². The molecule has 1 unspecified atom stereocenters. The van der Waals surface area contributed by atoms with Crippen molar-refractivity contribution in [2.75, 3.05) is 13.2 Å². The molecule has 148 valence electrons. The molecule has 0 saturated carbocycles. The zero-order chi connectivity index (χ0) is 20.4. The molecule has 7 nitrogen and oxygen atoms in total. The fourth-order valence-electron chi connectivity index (χ4n) is 3.17. The number of carbonyl (C=O) groups excluding carboxylic acids is 3. The van der Waals surface area contributed by atoms with E-state index in [-0.39, 0.29) is 19.1 Å². The molecule has 1 aliphatic heterocycles. The van der Waals surface area contributed by atoms with Crippen LogP contribution in [0.25, 0.3) is 10.2 Å². The van der Waals surface area contributed by atoms with Crippen molar-refractivity contribution < 1.29 is 19.1 Å². The van der Waals surface area contributed by atoms with Gasteiger partial charge < -0.3 is 10.1 Å². The van der Waals surface area contributed by atoms with Gasteiger partial charge in [-0.05, 0) is 30.2 Å². The first-order valence-corrected chi connectivity index (χ1v) is 10.1. The van der Waals surface area contributed by atoms with Crippen LogP contribution in [0.4, 0.5) is 4.79 Å². The maximum atomic E-state index is 12.9. The van der Waals surface area contributed by atoms with E-state index in [1.165, 1.54) is 0 Å². The van der Waals surface area contributed by atoms with E-state index in [2.05, 4.69) is 10.3 Å². The van der Waals surface area contributed by atoms with E-state index in [0.717, 1.165) is 32.1 Å². The minimum absolute atomic E-state index is 0.0101. The van der Waals surface area contributed by atoms with Crippen LogP contribution in [-0.4, -0.2) is 40.9 Å². The second kappa shape index (κ2) is 8.00. The van der Waals surface area contributed by atoms with Gasteiger partial charge in [-0.25, -0.2) is 14.7 Å². The van der Waals surface area contributed by atoms with Crippen molar-refractivity contribution in [3.05, 3.63) is 64.7 Å². The number of imide groups is 1. The van der Waals surface area contributed by atoms with Crippen LogP contribution in [0.2, 0.25) is 0 Å². The molecule has 2 heterocycles. The quantitative estimate of drug-likeness (QED) is 0.675. The number of hydrogen-bond acceptors (Lipinski definition) is 6. The van der Waals surface area contributed by atoms with Crippen molar-refractivity contribution in [1.29, 1.82) is 0 Å². The molecule has 29 heavy (non-hydrogen) atoms. The first-order chi connectivity index (χ1) is 14.0. The molecular formula is C21H19N3O4S. The molecule has 1 aromatic heterocycles. The lowest BCUT2D eigenvalue weighted by atomic mass is 10.1. The van der Waals surface area contributed by atoms with E-state index < -0.39 is 18.0 Å². The van der Waals surface area contributed by atoms with Crippen LogP contribution in [0.15, 0.2) is 48.5 Å². The Bertz CT molecular complexity index is 1060. The molecule has 2 aromatic carbocycles. The molecule has 0 aliphatic carbocycles. The van der Waals surface area contributed by atoms with Crippen molar-refractivity contribution in [2.45, 2.75) is 19.4 Å². The Morgan fingerprint density at radius 2 is 2.03 bits per heavy atom. The normalized spacial score (nSPS) is 14.9. The monoisotopic (exact) mass is 409 g/mol. The molecule has 1 aliphatic rings. The molecule has 1 atom stereocenters. The zero-order valence-electron chi connectivity index (χ0n) is 15.8. The van der Waals surface area contributed by atoms with Gasteiger partial charge in [0.1, 0.15) is 0 Å². The Hall–Kier alpha value is -3.26. The minimum atomic E-state index is -0.691. The van der Waals surface area contributed by atoms with Gasteiger partial charge in [0.05, 0.1) is 27.8 Å². The molecule has 4 rings (SSSR count). The molecule has 8 heteroatoms. The number of carbonyl (C=O) groups is 3. The third kappa shape index (κ3) is 3.97. The van der Waals surface area contributed by atoms with Gasteiger partial charge in [0.25, 0.3) is 11.8 Å². The predicted octanol–water partition coefficient (Wildman–Crippen LogP) is 3.31. The molecule has 0 spiro atoms. The number of amides is 3. The van der Waals surface area contributed by atoms with E-state index in [0.29, 0.717) is 5.56 Å². The summed E-state index contributed by atoms with van der Waals surface area (Å²) in [4.78, 5) is 42.3. The number of cyclic esters (lactones) is 1. The van der Waals surface area contributed by atoms with Crippen LogP contribution >= 0.6 is 11.3 Å². The van der Waals surface area contributed by atoms with Crippen molar-refractivity contribution in [3.8, 4) is 0 Å². The lowest BCUT2D eigenvalue weighted by molar-refractivity contribution is -0.126. The Labute approximate surface area is 171 Å². The van der Waals surface area contributed by atoms with Crippen LogP contribution in [0.5, 0.6) is 0 Å². The lowest BCUT2D eigenvalue weighted by Crippen LogP contribution is -2.40. The molecule has 1 fully saturated rings. The summed E-state index contributed by atoms with van der Waals surface area (Å²) in [5.41, 5.74) is 2.16. The third-order valence-electron chi connectivity index (χ3n) is 4.71. The fraction of sp³-hybridized carbons (Fsp3) is 0.238. The largest absolute Gasteiger partial charge is 0.439 e. The van der Waals surface area contributed by atoms with Crippen LogP contribution in [-0.2, 0) is 16.0 Å². The average Bonchev–Trinajstić information content (AvgIpc) is 3.30. The standard InChI is InChI=1S/C21H19N3O4S/c1-2-18-22-15-9-8-14(10-17(15)29-18)20(26)23-16(13-6-4-3-5-7-13)11-24-19(25)12-28-21(24)27/h3-10,16H,2,11-12H2,1H3,(H,23,26). The Morgan fingerprint density at radius 3 is 2.72 bits per heavy atom. The van der Waals surface area contributed by atoms with E-state index in [9.17, 15) is 14.4 Å². The molecule has 1 saturated heterocycles. The number of hydrogen-bond donors (Lipinski definition) is 1. The number of fused-ring (bicyclic) bond motifs is 1. The van der Waals surface area contributed by atoms with Crippen LogP contribution in [0.1, 0.15) is 33.9 Å². The maximum Gasteiger partial charge on any atom is 0.417 e. The van der Waals surface area contributed by atoms with Crippen LogP contribution < -0.4 is 5.32 Å². The molecule has 3 aromatic rings. The fourth-order valence-corrected chi connectivity index (χ4v) is 4.11. The van der Waals surface area contributed by atoms with Crippen LogP contribution in [0.3, 0.4) is 0 Å².